The number of rotatable bonds is 3. The number of anilines is 1. The summed E-state index contributed by atoms with van der Waals surface area (Å²) in [7, 11) is 0. The summed E-state index contributed by atoms with van der Waals surface area (Å²) < 4.78 is 0. The van der Waals surface area contributed by atoms with E-state index >= 15 is 0 Å². The van der Waals surface area contributed by atoms with Crippen molar-refractivity contribution in [3.8, 4) is 11.1 Å². The molecule has 0 aromatic heterocycles. The van der Waals surface area contributed by atoms with Gasteiger partial charge in [-0.2, -0.15) is 0 Å². The van der Waals surface area contributed by atoms with Gasteiger partial charge in [-0.05, 0) is 45.5 Å². The summed E-state index contributed by atoms with van der Waals surface area (Å²) in [4.78, 5) is 0. The second kappa shape index (κ2) is 6.77. The van der Waals surface area contributed by atoms with E-state index in [1.807, 2.05) is 0 Å². The molecule has 144 valence electrons. The van der Waals surface area contributed by atoms with E-state index in [-0.39, 0.29) is 5.41 Å². The van der Waals surface area contributed by atoms with Crippen LogP contribution in [0.3, 0.4) is 0 Å². The Kier molecular flexibility index (Phi) is 4.20. The fourth-order valence-electron chi connectivity index (χ4n) is 5.19. The van der Waals surface area contributed by atoms with Crippen LogP contribution in [-0.2, 0) is 5.41 Å². The quantitative estimate of drug-likeness (QED) is 0.514. The molecule has 0 aliphatic heterocycles. The topological polar surface area (TPSA) is 12.0 Å². The molecule has 3 aromatic rings. The first kappa shape index (κ1) is 18.0. The lowest BCUT2D eigenvalue weighted by molar-refractivity contribution is 0.507. The highest BCUT2D eigenvalue weighted by molar-refractivity contribution is 5.87. The molecule has 5 rings (SSSR count). The summed E-state index contributed by atoms with van der Waals surface area (Å²) in [5.41, 5.74) is 9.59. The Morgan fingerprint density at radius 2 is 1.41 bits per heavy atom. The monoisotopic (exact) mass is 377 g/mol. The van der Waals surface area contributed by atoms with E-state index in [0.717, 1.165) is 0 Å². The molecule has 29 heavy (non-hydrogen) atoms. The molecule has 1 N–H and O–H groups in total. The summed E-state index contributed by atoms with van der Waals surface area (Å²) in [6, 6.07) is 28.5. The van der Waals surface area contributed by atoms with Crippen LogP contribution >= 0.6 is 0 Å². The highest BCUT2D eigenvalue weighted by Gasteiger charge is 2.42. The van der Waals surface area contributed by atoms with Gasteiger partial charge in [-0.3, -0.25) is 0 Å². The van der Waals surface area contributed by atoms with Crippen molar-refractivity contribution >= 4 is 11.3 Å². The van der Waals surface area contributed by atoms with E-state index in [1.54, 1.807) is 5.57 Å². The van der Waals surface area contributed by atoms with Crippen molar-refractivity contribution in [2.45, 2.75) is 32.2 Å². The zero-order valence-corrected chi connectivity index (χ0v) is 17.3. The maximum atomic E-state index is 3.77. The molecule has 3 aromatic carbocycles. The fourth-order valence-corrected chi connectivity index (χ4v) is 5.19. The van der Waals surface area contributed by atoms with Gasteiger partial charge in [0.05, 0.1) is 6.04 Å². The first-order chi connectivity index (χ1) is 14.1. The number of fused-ring (bicyclic) bond motifs is 2. The van der Waals surface area contributed by atoms with Gasteiger partial charge < -0.3 is 5.32 Å². The van der Waals surface area contributed by atoms with Crippen LogP contribution in [0.5, 0.6) is 0 Å². The zero-order valence-electron chi connectivity index (χ0n) is 17.3. The second-order valence-electron chi connectivity index (χ2n) is 8.76. The minimum atomic E-state index is 0.0766. The summed E-state index contributed by atoms with van der Waals surface area (Å²) in [5, 5.41) is 3.77. The van der Waals surface area contributed by atoms with Crippen LogP contribution in [0.25, 0.3) is 16.7 Å². The molecule has 0 fully saturated rings. The number of nitrogens with one attached hydrogen (secondary N) is 1. The third-order valence-electron chi connectivity index (χ3n) is 6.64. The van der Waals surface area contributed by atoms with E-state index in [1.165, 1.54) is 33.5 Å². The summed E-state index contributed by atoms with van der Waals surface area (Å²) >= 11 is 0. The van der Waals surface area contributed by atoms with Crippen molar-refractivity contribution < 1.29 is 0 Å². The van der Waals surface area contributed by atoms with E-state index in [2.05, 4.69) is 117 Å². The summed E-state index contributed by atoms with van der Waals surface area (Å²) in [6.07, 6.45) is 4.67. The molecule has 2 unspecified atom stereocenters. The molecule has 0 heterocycles. The van der Waals surface area contributed by atoms with E-state index in [4.69, 9.17) is 0 Å². The van der Waals surface area contributed by atoms with Crippen LogP contribution in [0, 0.1) is 5.92 Å². The van der Waals surface area contributed by atoms with Crippen LogP contribution < -0.4 is 5.32 Å². The Hall–Kier alpha value is -3.06. The van der Waals surface area contributed by atoms with Crippen molar-refractivity contribution in [1.82, 2.24) is 0 Å². The molecule has 0 spiro atoms. The Balaban J connectivity index is 1.39. The molecule has 0 bridgehead atoms. The SMILES string of the molecule is CC1C2=C(C=CC1Nc1ccc(-c3ccccc3)cc1)c1ccccc1C2(C)C. The highest BCUT2D eigenvalue weighted by Crippen LogP contribution is 2.52. The number of hydrogen-bond acceptors (Lipinski definition) is 1. The first-order valence-electron chi connectivity index (χ1n) is 10.5. The largest absolute Gasteiger partial charge is 0.378 e. The maximum absolute atomic E-state index is 3.77. The zero-order chi connectivity index (χ0) is 20.0. The van der Waals surface area contributed by atoms with Gasteiger partial charge in [-0.1, -0.05) is 99.7 Å². The highest BCUT2D eigenvalue weighted by atomic mass is 14.9. The second-order valence-corrected chi connectivity index (χ2v) is 8.76. The van der Waals surface area contributed by atoms with Crippen LogP contribution in [0.1, 0.15) is 31.9 Å². The Morgan fingerprint density at radius 3 is 2.17 bits per heavy atom. The van der Waals surface area contributed by atoms with Gasteiger partial charge in [-0.15, -0.1) is 0 Å². The molecule has 0 radical (unpaired) electrons. The van der Waals surface area contributed by atoms with Crippen molar-refractivity contribution in [3.05, 3.63) is 108 Å². The summed E-state index contributed by atoms with van der Waals surface area (Å²) in [6.45, 7) is 7.10. The van der Waals surface area contributed by atoms with Gasteiger partial charge >= 0.3 is 0 Å². The Morgan fingerprint density at radius 1 is 0.759 bits per heavy atom. The predicted molar refractivity (Wildman–Crippen MR) is 124 cm³/mol. The molecule has 0 amide bonds. The normalized spacial score (nSPS) is 21.6. The third kappa shape index (κ3) is 2.93. The maximum Gasteiger partial charge on any atom is 0.0511 e. The average Bonchev–Trinajstić information content (AvgIpc) is 2.99. The average molecular weight is 378 g/mol. The van der Waals surface area contributed by atoms with Gasteiger partial charge in [-0.25, -0.2) is 0 Å². The molecule has 2 aliphatic carbocycles. The van der Waals surface area contributed by atoms with Crippen molar-refractivity contribution in [2.24, 2.45) is 5.92 Å². The van der Waals surface area contributed by atoms with Crippen molar-refractivity contribution in [3.63, 3.8) is 0 Å². The molecule has 2 aliphatic rings. The van der Waals surface area contributed by atoms with Gasteiger partial charge in [0.1, 0.15) is 0 Å². The minimum Gasteiger partial charge on any atom is -0.378 e. The molecule has 0 saturated heterocycles. The van der Waals surface area contributed by atoms with Crippen LogP contribution in [0.2, 0.25) is 0 Å². The smallest absolute Gasteiger partial charge is 0.0511 e. The molecule has 1 heteroatoms. The van der Waals surface area contributed by atoms with Crippen LogP contribution in [0.4, 0.5) is 5.69 Å². The lowest BCUT2D eigenvalue weighted by Gasteiger charge is -2.35. The van der Waals surface area contributed by atoms with Crippen molar-refractivity contribution in [2.75, 3.05) is 5.32 Å². The van der Waals surface area contributed by atoms with Crippen LogP contribution in [0.15, 0.2) is 96.6 Å². The fraction of sp³-hybridized carbons (Fsp3) is 0.214. The van der Waals surface area contributed by atoms with Gasteiger partial charge in [0, 0.05) is 17.0 Å². The Labute approximate surface area is 173 Å². The van der Waals surface area contributed by atoms with Crippen molar-refractivity contribution in [1.29, 1.82) is 0 Å². The third-order valence-corrected chi connectivity index (χ3v) is 6.64. The van der Waals surface area contributed by atoms with E-state index < -0.39 is 0 Å². The molecule has 0 saturated carbocycles. The van der Waals surface area contributed by atoms with Crippen LogP contribution in [-0.4, -0.2) is 6.04 Å². The van der Waals surface area contributed by atoms with E-state index in [9.17, 15) is 0 Å². The number of benzene rings is 3. The number of allylic oxidation sites excluding steroid dienone is 2. The van der Waals surface area contributed by atoms with Gasteiger partial charge in [0.15, 0.2) is 0 Å². The summed E-state index contributed by atoms with van der Waals surface area (Å²) in [5.74, 6) is 0.436. The van der Waals surface area contributed by atoms with Gasteiger partial charge in [0.25, 0.3) is 0 Å². The van der Waals surface area contributed by atoms with Gasteiger partial charge in [0.2, 0.25) is 0 Å². The lowest BCUT2D eigenvalue weighted by atomic mass is 9.72. The lowest BCUT2D eigenvalue weighted by Crippen LogP contribution is -2.34. The predicted octanol–water partition coefficient (Wildman–Crippen LogP) is 7.09. The molecular weight excluding hydrogens is 350 g/mol. The minimum absolute atomic E-state index is 0.0766. The van der Waals surface area contributed by atoms with E-state index in [0.29, 0.717) is 12.0 Å². The Bertz CT molecular complexity index is 1100. The molecule has 2 atom stereocenters. The molecule has 1 nitrogen and oxygen atoms in total. The molecular formula is C28H27N. The standard InChI is InChI=1S/C28H27N/c1-19-26(29-22-15-13-21(14-16-22)20-9-5-4-6-10-20)18-17-24-23-11-7-8-12-25(23)28(2,3)27(19)24/h4-19,26,29H,1-3H3. The number of hydrogen-bond donors (Lipinski definition) is 1. The first-order valence-corrected chi connectivity index (χ1v) is 10.5.